The summed E-state index contributed by atoms with van der Waals surface area (Å²) in [5.74, 6) is 0.788. The number of aliphatic hydroxyl groups excluding tert-OH is 1. The summed E-state index contributed by atoms with van der Waals surface area (Å²) in [5, 5.41) is 13.7. The van der Waals surface area contributed by atoms with Gasteiger partial charge in [-0.15, -0.1) is 0 Å². The van der Waals surface area contributed by atoms with E-state index in [1.807, 2.05) is 16.8 Å². The highest BCUT2D eigenvalue weighted by Gasteiger charge is 2.18. The number of rotatable bonds is 3. The molecule has 1 saturated heterocycles. The number of hydrogen-bond donors (Lipinski definition) is 1. The smallest absolute Gasteiger partial charge is 0.0761 e. The van der Waals surface area contributed by atoms with E-state index in [2.05, 4.69) is 23.0 Å². The molecule has 1 fully saturated rings. The minimum absolute atomic E-state index is 0.0525. The lowest BCUT2D eigenvalue weighted by Crippen LogP contribution is -2.33. The van der Waals surface area contributed by atoms with E-state index in [1.54, 1.807) is 6.20 Å². The minimum atomic E-state index is 0.0525. The van der Waals surface area contributed by atoms with E-state index in [4.69, 9.17) is 0 Å². The Morgan fingerprint density at radius 3 is 3.11 bits per heavy atom. The molecule has 2 aromatic rings. The molecule has 3 rings (SSSR count). The summed E-state index contributed by atoms with van der Waals surface area (Å²) in [6.07, 6.45) is 6.33. The van der Waals surface area contributed by atoms with E-state index in [-0.39, 0.29) is 6.61 Å². The number of piperidine rings is 1. The number of aliphatic hydroxyl groups is 1. The second-order valence-electron chi connectivity index (χ2n) is 5.64. The molecule has 1 aliphatic rings. The van der Waals surface area contributed by atoms with Crippen molar-refractivity contribution in [1.29, 1.82) is 0 Å². The molecule has 0 aromatic carbocycles. The normalized spacial score (nSPS) is 21.1. The van der Waals surface area contributed by atoms with Gasteiger partial charge in [0.1, 0.15) is 0 Å². The van der Waals surface area contributed by atoms with E-state index in [1.165, 1.54) is 31.5 Å². The zero-order valence-corrected chi connectivity index (χ0v) is 11.4. The SMILES string of the molecule is CC1CCCN(Cc2cccn3ncc(CO)c23)C1. The first kappa shape index (κ1) is 12.6. The third-order valence-corrected chi connectivity index (χ3v) is 4.01. The van der Waals surface area contributed by atoms with E-state index in [0.717, 1.165) is 23.5 Å². The summed E-state index contributed by atoms with van der Waals surface area (Å²) in [6, 6.07) is 4.18. The molecule has 4 heteroatoms. The number of hydrogen-bond acceptors (Lipinski definition) is 3. The molecule has 4 nitrogen and oxygen atoms in total. The Hall–Kier alpha value is -1.39. The van der Waals surface area contributed by atoms with Crippen molar-refractivity contribution >= 4 is 5.52 Å². The summed E-state index contributed by atoms with van der Waals surface area (Å²) in [5.41, 5.74) is 3.25. The minimum Gasteiger partial charge on any atom is -0.392 e. The number of aromatic nitrogens is 2. The molecule has 0 bridgehead atoms. The molecule has 3 heterocycles. The maximum absolute atomic E-state index is 9.43. The molecule has 0 saturated carbocycles. The highest BCUT2D eigenvalue weighted by molar-refractivity contribution is 5.60. The van der Waals surface area contributed by atoms with Crippen molar-refractivity contribution in [3.05, 3.63) is 35.7 Å². The molecule has 1 atom stereocenters. The maximum Gasteiger partial charge on any atom is 0.0761 e. The molecular formula is C15H21N3O. The molecule has 19 heavy (non-hydrogen) atoms. The molecule has 0 spiro atoms. The number of fused-ring (bicyclic) bond motifs is 1. The number of pyridine rings is 1. The fraction of sp³-hybridized carbons (Fsp3) is 0.533. The third-order valence-electron chi connectivity index (χ3n) is 4.01. The summed E-state index contributed by atoms with van der Waals surface area (Å²) < 4.78 is 1.87. The second-order valence-corrected chi connectivity index (χ2v) is 5.64. The Kier molecular flexibility index (Phi) is 3.53. The number of likely N-dealkylation sites (tertiary alicyclic amines) is 1. The topological polar surface area (TPSA) is 40.8 Å². The molecule has 1 unspecified atom stereocenters. The quantitative estimate of drug-likeness (QED) is 0.917. The zero-order valence-electron chi connectivity index (χ0n) is 11.4. The van der Waals surface area contributed by atoms with Gasteiger partial charge in [-0.3, -0.25) is 4.90 Å². The summed E-state index contributed by atoms with van der Waals surface area (Å²) in [6.45, 7) is 5.67. The molecule has 0 radical (unpaired) electrons. The molecular weight excluding hydrogens is 238 g/mol. The van der Waals surface area contributed by atoms with Crippen LogP contribution in [0.25, 0.3) is 5.52 Å². The van der Waals surface area contributed by atoms with Gasteiger partial charge >= 0.3 is 0 Å². The van der Waals surface area contributed by atoms with Crippen LogP contribution in [0.2, 0.25) is 0 Å². The Bertz CT molecular complexity index is 564. The average Bonchev–Trinajstić information content (AvgIpc) is 2.83. The average molecular weight is 259 g/mol. The van der Waals surface area contributed by atoms with Gasteiger partial charge in [-0.2, -0.15) is 5.10 Å². The van der Waals surface area contributed by atoms with Crippen molar-refractivity contribution in [2.75, 3.05) is 13.1 Å². The molecule has 1 N–H and O–H groups in total. The summed E-state index contributed by atoms with van der Waals surface area (Å²) >= 11 is 0. The molecule has 0 aliphatic carbocycles. The van der Waals surface area contributed by atoms with Gasteiger partial charge in [-0.25, -0.2) is 4.52 Å². The van der Waals surface area contributed by atoms with E-state index >= 15 is 0 Å². The fourth-order valence-electron chi connectivity index (χ4n) is 3.10. The van der Waals surface area contributed by atoms with Gasteiger partial charge < -0.3 is 5.11 Å². The lowest BCUT2D eigenvalue weighted by atomic mass is 9.99. The van der Waals surface area contributed by atoms with E-state index < -0.39 is 0 Å². The largest absolute Gasteiger partial charge is 0.392 e. The van der Waals surface area contributed by atoms with Crippen LogP contribution in [0, 0.1) is 5.92 Å². The van der Waals surface area contributed by atoms with Gasteiger partial charge in [0.05, 0.1) is 18.3 Å². The summed E-state index contributed by atoms with van der Waals surface area (Å²) in [4.78, 5) is 2.51. The molecule has 0 amide bonds. The van der Waals surface area contributed by atoms with Gasteiger partial charge in [-0.05, 0) is 36.9 Å². The summed E-state index contributed by atoms with van der Waals surface area (Å²) in [7, 11) is 0. The highest BCUT2D eigenvalue weighted by atomic mass is 16.3. The Balaban J connectivity index is 1.89. The van der Waals surface area contributed by atoms with Crippen molar-refractivity contribution in [1.82, 2.24) is 14.5 Å². The van der Waals surface area contributed by atoms with Gasteiger partial charge in [0.25, 0.3) is 0 Å². The van der Waals surface area contributed by atoms with Gasteiger partial charge in [-0.1, -0.05) is 13.0 Å². The van der Waals surface area contributed by atoms with Crippen LogP contribution in [0.5, 0.6) is 0 Å². The Morgan fingerprint density at radius 2 is 2.32 bits per heavy atom. The number of nitrogens with zero attached hydrogens (tertiary/aromatic N) is 3. The fourth-order valence-corrected chi connectivity index (χ4v) is 3.10. The molecule has 2 aromatic heterocycles. The van der Waals surface area contributed by atoms with Crippen molar-refractivity contribution in [3.8, 4) is 0 Å². The van der Waals surface area contributed by atoms with Crippen LogP contribution < -0.4 is 0 Å². The standard InChI is InChI=1S/C15H21N3O/c1-12-4-2-6-17(9-12)10-13-5-3-7-18-15(13)14(11-19)8-16-18/h3,5,7-8,12,19H,2,4,6,9-11H2,1H3. The van der Waals surface area contributed by atoms with Crippen LogP contribution in [-0.2, 0) is 13.2 Å². The van der Waals surface area contributed by atoms with Crippen molar-refractivity contribution in [2.45, 2.75) is 32.9 Å². The predicted octanol–water partition coefficient (Wildman–Crippen LogP) is 2.06. The van der Waals surface area contributed by atoms with Gasteiger partial charge in [0, 0.05) is 24.8 Å². The maximum atomic E-state index is 9.43. The van der Waals surface area contributed by atoms with Crippen LogP contribution in [0.15, 0.2) is 24.5 Å². The molecule has 102 valence electrons. The lowest BCUT2D eigenvalue weighted by molar-refractivity contribution is 0.177. The second kappa shape index (κ2) is 5.31. The first-order valence-corrected chi connectivity index (χ1v) is 7.05. The van der Waals surface area contributed by atoms with Crippen LogP contribution in [-0.4, -0.2) is 32.7 Å². The van der Waals surface area contributed by atoms with Crippen molar-refractivity contribution in [2.24, 2.45) is 5.92 Å². The highest BCUT2D eigenvalue weighted by Crippen LogP contribution is 2.21. The van der Waals surface area contributed by atoms with Gasteiger partial charge in [0.2, 0.25) is 0 Å². The first-order chi connectivity index (χ1) is 9.28. The van der Waals surface area contributed by atoms with Crippen LogP contribution in [0.4, 0.5) is 0 Å². The van der Waals surface area contributed by atoms with Crippen LogP contribution >= 0.6 is 0 Å². The van der Waals surface area contributed by atoms with Crippen LogP contribution in [0.3, 0.4) is 0 Å². The predicted molar refractivity (Wildman–Crippen MR) is 74.8 cm³/mol. The van der Waals surface area contributed by atoms with E-state index in [0.29, 0.717) is 0 Å². The van der Waals surface area contributed by atoms with Crippen molar-refractivity contribution < 1.29 is 5.11 Å². The Morgan fingerprint density at radius 1 is 1.42 bits per heavy atom. The zero-order chi connectivity index (χ0) is 13.2. The van der Waals surface area contributed by atoms with E-state index in [9.17, 15) is 5.11 Å². The van der Waals surface area contributed by atoms with Crippen LogP contribution in [0.1, 0.15) is 30.9 Å². The molecule has 1 aliphatic heterocycles. The first-order valence-electron chi connectivity index (χ1n) is 7.05. The third kappa shape index (κ3) is 2.51. The Labute approximate surface area is 113 Å². The van der Waals surface area contributed by atoms with Crippen molar-refractivity contribution in [3.63, 3.8) is 0 Å². The van der Waals surface area contributed by atoms with Gasteiger partial charge in [0.15, 0.2) is 0 Å². The lowest BCUT2D eigenvalue weighted by Gasteiger charge is -2.31. The monoisotopic (exact) mass is 259 g/mol.